The molecule has 2 aromatic rings. The lowest BCUT2D eigenvalue weighted by Crippen LogP contribution is -2.45. The molecule has 144 valence electrons. The Morgan fingerprint density at radius 1 is 0.926 bits per heavy atom. The monoisotopic (exact) mass is 391 g/mol. The Kier molecular flexibility index (Phi) is 6.96. The van der Waals surface area contributed by atoms with Crippen molar-refractivity contribution in [2.24, 2.45) is 0 Å². The van der Waals surface area contributed by atoms with Gasteiger partial charge in [-0.25, -0.2) is 0 Å². The van der Waals surface area contributed by atoms with Crippen LogP contribution < -0.4 is 23.8 Å². The SMILES string of the molecule is C=C1CN(c2cc(OC)c(OC)c(OC)c2)C1=O.COc1ccccc1Cl. The molecule has 0 radical (unpaired) electrons. The molecular formula is C20H22ClNO5. The molecule has 0 unspecified atom stereocenters. The zero-order chi connectivity index (χ0) is 20.0. The van der Waals surface area contributed by atoms with E-state index < -0.39 is 0 Å². The zero-order valence-corrected chi connectivity index (χ0v) is 16.5. The molecule has 1 aliphatic rings. The van der Waals surface area contributed by atoms with Gasteiger partial charge in [-0.05, 0) is 12.1 Å². The van der Waals surface area contributed by atoms with Gasteiger partial charge in [-0.3, -0.25) is 4.79 Å². The fourth-order valence-corrected chi connectivity index (χ4v) is 2.68. The number of rotatable bonds is 5. The van der Waals surface area contributed by atoms with Gasteiger partial charge >= 0.3 is 0 Å². The highest BCUT2D eigenvalue weighted by atomic mass is 35.5. The molecule has 0 bridgehead atoms. The van der Waals surface area contributed by atoms with Crippen LogP contribution in [0.15, 0.2) is 48.6 Å². The van der Waals surface area contributed by atoms with Crippen LogP contribution in [0.25, 0.3) is 0 Å². The minimum Gasteiger partial charge on any atom is -0.495 e. The number of para-hydroxylation sites is 1. The first kappa shape index (κ1) is 20.5. The Bertz CT molecular complexity index is 812. The van der Waals surface area contributed by atoms with Crippen LogP contribution in [-0.2, 0) is 4.79 Å². The largest absolute Gasteiger partial charge is 0.495 e. The number of carbonyl (C=O) groups is 1. The maximum absolute atomic E-state index is 11.6. The van der Waals surface area contributed by atoms with Crippen LogP contribution in [0.5, 0.6) is 23.0 Å². The lowest BCUT2D eigenvalue weighted by atomic mass is 10.1. The Labute approximate surface area is 163 Å². The number of amides is 1. The molecule has 1 fully saturated rings. The molecule has 1 saturated heterocycles. The van der Waals surface area contributed by atoms with E-state index in [0.717, 1.165) is 5.75 Å². The molecule has 2 aromatic carbocycles. The number of ether oxygens (including phenoxy) is 4. The maximum atomic E-state index is 11.6. The molecule has 0 spiro atoms. The fraction of sp³-hybridized carbons (Fsp3) is 0.250. The summed E-state index contributed by atoms with van der Waals surface area (Å²) in [6, 6.07) is 10.8. The van der Waals surface area contributed by atoms with Crippen molar-refractivity contribution in [3.8, 4) is 23.0 Å². The van der Waals surface area contributed by atoms with Crippen LogP contribution in [0, 0.1) is 0 Å². The van der Waals surface area contributed by atoms with E-state index in [1.807, 2.05) is 18.2 Å². The average Bonchev–Trinajstić information content (AvgIpc) is 2.71. The van der Waals surface area contributed by atoms with Gasteiger partial charge in [-0.15, -0.1) is 0 Å². The predicted molar refractivity (Wildman–Crippen MR) is 106 cm³/mol. The molecule has 0 aliphatic carbocycles. The number of benzene rings is 2. The molecule has 0 aromatic heterocycles. The van der Waals surface area contributed by atoms with Crippen molar-refractivity contribution in [2.75, 3.05) is 39.9 Å². The summed E-state index contributed by atoms with van der Waals surface area (Å²) in [5, 5.41) is 0.653. The molecule has 7 heteroatoms. The second kappa shape index (κ2) is 9.19. The molecule has 3 rings (SSSR count). The lowest BCUT2D eigenvalue weighted by molar-refractivity contribution is -0.117. The van der Waals surface area contributed by atoms with E-state index in [1.54, 1.807) is 30.2 Å². The van der Waals surface area contributed by atoms with Crippen molar-refractivity contribution in [3.63, 3.8) is 0 Å². The van der Waals surface area contributed by atoms with Crippen molar-refractivity contribution in [3.05, 3.63) is 53.6 Å². The molecule has 27 heavy (non-hydrogen) atoms. The zero-order valence-electron chi connectivity index (χ0n) is 15.7. The lowest BCUT2D eigenvalue weighted by Gasteiger charge is -2.33. The summed E-state index contributed by atoms with van der Waals surface area (Å²) in [6.07, 6.45) is 0. The Morgan fingerprint density at radius 3 is 1.85 bits per heavy atom. The van der Waals surface area contributed by atoms with Crippen LogP contribution in [-0.4, -0.2) is 40.9 Å². The molecule has 0 N–H and O–H groups in total. The first-order chi connectivity index (χ1) is 13.0. The van der Waals surface area contributed by atoms with E-state index in [4.69, 9.17) is 30.5 Å². The minimum atomic E-state index is -0.0794. The highest BCUT2D eigenvalue weighted by Gasteiger charge is 2.31. The minimum absolute atomic E-state index is 0.0794. The van der Waals surface area contributed by atoms with Crippen molar-refractivity contribution < 1.29 is 23.7 Å². The molecule has 0 atom stereocenters. The summed E-state index contributed by atoms with van der Waals surface area (Å²) in [5.74, 6) is 2.20. The Hall–Kier alpha value is -2.86. The highest BCUT2D eigenvalue weighted by molar-refractivity contribution is 6.32. The van der Waals surface area contributed by atoms with Gasteiger partial charge in [-0.2, -0.15) is 0 Å². The third kappa shape index (κ3) is 4.46. The topological polar surface area (TPSA) is 57.2 Å². The number of anilines is 1. The number of β-lactam (4-membered cyclic amide) rings is 1. The smallest absolute Gasteiger partial charge is 0.255 e. The summed E-state index contributed by atoms with van der Waals surface area (Å²) < 4.78 is 20.6. The molecule has 1 aliphatic heterocycles. The standard InChI is InChI=1S/C13H15NO4.C7H7ClO/c1-8-7-14(13(8)15)9-5-10(16-2)12(18-4)11(6-9)17-3;1-9-7-5-3-2-4-6(7)8/h5-6H,1,7H2,2-4H3;2-5H,1H3. The Balaban J connectivity index is 0.000000244. The predicted octanol–water partition coefficient (Wildman–Crippen LogP) is 3.96. The van der Waals surface area contributed by atoms with Crippen LogP contribution in [0.4, 0.5) is 5.69 Å². The van der Waals surface area contributed by atoms with E-state index in [9.17, 15) is 4.79 Å². The average molecular weight is 392 g/mol. The molecule has 1 heterocycles. The number of carbonyl (C=O) groups excluding carboxylic acids is 1. The van der Waals surface area contributed by atoms with Crippen LogP contribution in [0.3, 0.4) is 0 Å². The Morgan fingerprint density at radius 2 is 1.48 bits per heavy atom. The van der Waals surface area contributed by atoms with E-state index in [2.05, 4.69) is 6.58 Å². The van der Waals surface area contributed by atoms with Gasteiger partial charge in [0.2, 0.25) is 5.75 Å². The summed E-state index contributed by atoms with van der Waals surface area (Å²) in [5.41, 5.74) is 1.31. The van der Waals surface area contributed by atoms with Crippen molar-refractivity contribution in [1.29, 1.82) is 0 Å². The quantitative estimate of drug-likeness (QED) is 0.570. The summed E-state index contributed by atoms with van der Waals surface area (Å²) >= 11 is 5.70. The fourth-order valence-electron chi connectivity index (χ4n) is 2.47. The van der Waals surface area contributed by atoms with Crippen molar-refractivity contribution >= 4 is 23.2 Å². The van der Waals surface area contributed by atoms with Gasteiger partial charge < -0.3 is 23.8 Å². The summed E-state index contributed by atoms with van der Waals surface area (Å²) in [6.45, 7) is 4.18. The van der Waals surface area contributed by atoms with Gasteiger partial charge in [0.15, 0.2) is 11.5 Å². The normalized spacial score (nSPS) is 12.6. The molecule has 6 nitrogen and oxygen atoms in total. The third-order valence-electron chi connectivity index (χ3n) is 3.91. The summed E-state index contributed by atoms with van der Waals surface area (Å²) in [7, 11) is 6.22. The third-order valence-corrected chi connectivity index (χ3v) is 4.23. The van der Waals surface area contributed by atoms with Gasteiger partial charge in [0.1, 0.15) is 5.75 Å². The number of nitrogens with zero attached hydrogens (tertiary/aromatic N) is 1. The van der Waals surface area contributed by atoms with Gasteiger partial charge in [0, 0.05) is 17.7 Å². The van der Waals surface area contributed by atoms with Crippen LogP contribution in [0.1, 0.15) is 0 Å². The van der Waals surface area contributed by atoms with Gasteiger partial charge in [0.25, 0.3) is 5.91 Å². The van der Waals surface area contributed by atoms with E-state index in [-0.39, 0.29) is 5.91 Å². The second-order valence-electron chi connectivity index (χ2n) is 5.51. The number of hydrogen-bond donors (Lipinski definition) is 0. The van der Waals surface area contributed by atoms with Gasteiger partial charge in [-0.1, -0.05) is 30.3 Å². The second-order valence-corrected chi connectivity index (χ2v) is 5.92. The first-order valence-corrected chi connectivity index (χ1v) is 8.42. The highest BCUT2D eigenvalue weighted by Crippen LogP contribution is 2.42. The van der Waals surface area contributed by atoms with Crippen LogP contribution >= 0.6 is 11.6 Å². The first-order valence-electron chi connectivity index (χ1n) is 8.05. The van der Waals surface area contributed by atoms with Crippen molar-refractivity contribution in [2.45, 2.75) is 0 Å². The molecule has 0 saturated carbocycles. The van der Waals surface area contributed by atoms with Crippen molar-refractivity contribution in [1.82, 2.24) is 0 Å². The number of halogens is 1. The molecule has 1 amide bonds. The number of methoxy groups -OCH3 is 4. The van der Waals surface area contributed by atoms with Crippen LogP contribution in [0.2, 0.25) is 5.02 Å². The van der Waals surface area contributed by atoms with E-state index in [0.29, 0.717) is 40.1 Å². The summed E-state index contributed by atoms with van der Waals surface area (Å²) in [4.78, 5) is 13.2. The van der Waals surface area contributed by atoms with E-state index in [1.165, 1.54) is 21.3 Å². The van der Waals surface area contributed by atoms with Gasteiger partial charge in [0.05, 0.1) is 45.7 Å². The number of hydrogen-bond acceptors (Lipinski definition) is 5. The molecular weight excluding hydrogens is 370 g/mol. The maximum Gasteiger partial charge on any atom is 0.255 e. The van der Waals surface area contributed by atoms with E-state index >= 15 is 0 Å².